The van der Waals surface area contributed by atoms with Crippen LogP contribution >= 0.6 is 0 Å². The van der Waals surface area contributed by atoms with E-state index in [2.05, 4.69) is 5.32 Å². The molecule has 0 saturated heterocycles. The standard InChI is InChI=1S/C14H20N2O5/c1-4-15-11(14(18)19)8-13(17)16-10-6-5-9(20-2)7-12(10)21-3/h5-7,11,15H,4,8H2,1-3H3,(H,16,17)(H,18,19)/t11-/m0/s1. The van der Waals surface area contributed by atoms with Crippen molar-refractivity contribution in [2.75, 3.05) is 26.1 Å². The number of carbonyl (C=O) groups is 2. The van der Waals surface area contributed by atoms with Crippen LogP contribution in [0.15, 0.2) is 18.2 Å². The maximum atomic E-state index is 11.9. The maximum absolute atomic E-state index is 11.9. The molecule has 0 aromatic heterocycles. The van der Waals surface area contributed by atoms with Crippen LogP contribution in [0.4, 0.5) is 5.69 Å². The molecule has 0 spiro atoms. The number of ether oxygens (including phenoxy) is 2. The van der Waals surface area contributed by atoms with Gasteiger partial charge in [-0.05, 0) is 19.1 Å². The van der Waals surface area contributed by atoms with Crippen molar-refractivity contribution in [1.29, 1.82) is 0 Å². The van der Waals surface area contributed by atoms with E-state index < -0.39 is 17.9 Å². The van der Waals surface area contributed by atoms with E-state index in [1.54, 1.807) is 30.4 Å². The molecule has 0 aliphatic rings. The Hall–Kier alpha value is -2.28. The number of hydrogen-bond donors (Lipinski definition) is 2. The SMILES string of the molecule is CC[NH2+][C@@H](CC(=O)Nc1ccc(OC)cc1OC)C(=O)[O-]. The first-order chi connectivity index (χ1) is 10.0. The van der Waals surface area contributed by atoms with Crippen LogP contribution in [-0.2, 0) is 9.59 Å². The highest BCUT2D eigenvalue weighted by Crippen LogP contribution is 2.29. The number of quaternary nitrogens is 1. The van der Waals surface area contributed by atoms with E-state index in [0.29, 0.717) is 23.7 Å². The molecule has 1 rings (SSSR count). The first kappa shape index (κ1) is 16.8. The maximum Gasteiger partial charge on any atom is 0.230 e. The third-order valence-electron chi connectivity index (χ3n) is 2.91. The third-order valence-corrected chi connectivity index (χ3v) is 2.91. The molecule has 3 N–H and O–H groups in total. The number of amides is 1. The first-order valence-corrected chi connectivity index (χ1v) is 6.57. The zero-order chi connectivity index (χ0) is 15.8. The second-order valence-corrected chi connectivity index (χ2v) is 4.39. The van der Waals surface area contributed by atoms with Crippen LogP contribution in [0.2, 0.25) is 0 Å². The van der Waals surface area contributed by atoms with E-state index in [1.807, 2.05) is 0 Å². The molecule has 0 radical (unpaired) electrons. The highest BCUT2D eigenvalue weighted by atomic mass is 16.5. The summed E-state index contributed by atoms with van der Waals surface area (Å²) in [7, 11) is 3.00. The van der Waals surface area contributed by atoms with Gasteiger partial charge in [0.1, 0.15) is 17.5 Å². The normalized spacial score (nSPS) is 11.6. The van der Waals surface area contributed by atoms with Crippen LogP contribution in [0.1, 0.15) is 13.3 Å². The van der Waals surface area contributed by atoms with Crippen molar-refractivity contribution in [2.45, 2.75) is 19.4 Å². The Kier molecular flexibility index (Phi) is 6.48. The fraction of sp³-hybridized carbons (Fsp3) is 0.429. The zero-order valence-electron chi connectivity index (χ0n) is 12.3. The van der Waals surface area contributed by atoms with Gasteiger partial charge in [0, 0.05) is 6.07 Å². The Balaban J connectivity index is 2.76. The number of nitrogens with two attached hydrogens (primary N) is 1. The molecule has 7 nitrogen and oxygen atoms in total. The average molecular weight is 296 g/mol. The van der Waals surface area contributed by atoms with Crippen LogP contribution in [0.5, 0.6) is 11.5 Å². The average Bonchev–Trinajstić information content (AvgIpc) is 2.47. The van der Waals surface area contributed by atoms with Gasteiger partial charge in [-0.1, -0.05) is 0 Å². The molecular weight excluding hydrogens is 276 g/mol. The molecule has 0 fully saturated rings. The smallest absolute Gasteiger partial charge is 0.230 e. The molecule has 1 aromatic carbocycles. The van der Waals surface area contributed by atoms with Crippen LogP contribution < -0.4 is 25.2 Å². The van der Waals surface area contributed by atoms with E-state index in [-0.39, 0.29) is 6.42 Å². The van der Waals surface area contributed by atoms with Crippen molar-refractivity contribution in [1.82, 2.24) is 0 Å². The van der Waals surface area contributed by atoms with Gasteiger partial charge in [-0.25, -0.2) is 0 Å². The van der Waals surface area contributed by atoms with Gasteiger partial charge in [-0.3, -0.25) is 4.79 Å². The van der Waals surface area contributed by atoms with Crippen molar-refractivity contribution in [3.8, 4) is 11.5 Å². The molecule has 1 aromatic rings. The Morgan fingerprint density at radius 1 is 1.33 bits per heavy atom. The summed E-state index contributed by atoms with van der Waals surface area (Å²) in [5.74, 6) is -0.644. The van der Waals surface area contributed by atoms with E-state index >= 15 is 0 Å². The number of benzene rings is 1. The highest BCUT2D eigenvalue weighted by molar-refractivity contribution is 5.94. The Labute approximate surface area is 123 Å². The van der Waals surface area contributed by atoms with E-state index in [4.69, 9.17) is 9.47 Å². The van der Waals surface area contributed by atoms with Crippen LogP contribution in [0, 0.1) is 0 Å². The number of hydrogen-bond acceptors (Lipinski definition) is 5. The minimum absolute atomic E-state index is 0.175. The van der Waals surface area contributed by atoms with Crippen LogP contribution in [0.3, 0.4) is 0 Å². The number of likely N-dealkylation sites (N-methyl/N-ethyl adjacent to an activating group) is 1. The summed E-state index contributed by atoms with van der Waals surface area (Å²) in [6.07, 6.45) is -0.175. The monoisotopic (exact) mass is 296 g/mol. The second kappa shape index (κ2) is 8.11. The topological polar surface area (TPSA) is 104 Å². The summed E-state index contributed by atoms with van der Waals surface area (Å²) in [6, 6.07) is 4.03. The van der Waals surface area contributed by atoms with E-state index in [1.165, 1.54) is 14.2 Å². The van der Waals surface area contributed by atoms with Gasteiger partial charge < -0.3 is 30.0 Å². The van der Waals surface area contributed by atoms with Crippen LogP contribution in [-0.4, -0.2) is 38.7 Å². The van der Waals surface area contributed by atoms with Gasteiger partial charge in [0.15, 0.2) is 0 Å². The summed E-state index contributed by atoms with van der Waals surface area (Å²) in [4.78, 5) is 22.8. The fourth-order valence-electron chi connectivity index (χ4n) is 1.85. The predicted octanol–water partition coefficient (Wildman–Crippen LogP) is -1.27. The molecule has 21 heavy (non-hydrogen) atoms. The molecule has 7 heteroatoms. The lowest BCUT2D eigenvalue weighted by Gasteiger charge is -2.16. The van der Waals surface area contributed by atoms with Crippen LogP contribution in [0.25, 0.3) is 0 Å². The molecule has 116 valence electrons. The Morgan fingerprint density at radius 2 is 2.05 bits per heavy atom. The first-order valence-electron chi connectivity index (χ1n) is 6.57. The Bertz CT molecular complexity index is 504. The molecule has 0 bridgehead atoms. The van der Waals surface area contributed by atoms with E-state index in [9.17, 15) is 14.7 Å². The number of methoxy groups -OCH3 is 2. The molecule has 0 saturated carbocycles. The van der Waals surface area contributed by atoms with Crippen molar-refractivity contribution in [3.05, 3.63) is 18.2 Å². The molecule has 1 amide bonds. The molecule has 0 heterocycles. The van der Waals surface area contributed by atoms with Crippen molar-refractivity contribution in [2.24, 2.45) is 0 Å². The van der Waals surface area contributed by atoms with Gasteiger partial charge in [0.2, 0.25) is 5.91 Å². The summed E-state index contributed by atoms with van der Waals surface area (Å²) in [5.41, 5.74) is 0.455. The van der Waals surface area contributed by atoms with E-state index in [0.717, 1.165) is 0 Å². The summed E-state index contributed by atoms with van der Waals surface area (Å²) in [6.45, 7) is 2.36. The number of carboxylic acid groups (broad SMARTS) is 1. The number of rotatable bonds is 8. The molecule has 0 aliphatic carbocycles. The fourth-order valence-corrected chi connectivity index (χ4v) is 1.85. The summed E-state index contributed by atoms with van der Waals surface area (Å²) < 4.78 is 10.2. The molecule has 0 unspecified atom stereocenters. The molecular formula is C14H20N2O5. The highest BCUT2D eigenvalue weighted by Gasteiger charge is 2.18. The number of carboxylic acids is 1. The Morgan fingerprint density at radius 3 is 2.57 bits per heavy atom. The molecule has 1 atom stereocenters. The van der Waals surface area contributed by atoms with Gasteiger partial charge in [-0.2, -0.15) is 0 Å². The summed E-state index contributed by atoms with van der Waals surface area (Å²) >= 11 is 0. The largest absolute Gasteiger partial charge is 0.544 e. The predicted molar refractivity (Wildman–Crippen MR) is 74.1 cm³/mol. The number of carbonyl (C=O) groups excluding carboxylic acids is 2. The van der Waals surface area contributed by atoms with Crippen molar-refractivity contribution in [3.63, 3.8) is 0 Å². The lowest BCUT2D eigenvalue weighted by Crippen LogP contribution is -2.93. The third kappa shape index (κ3) is 4.96. The van der Waals surface area contributed by atoms with Crippen molar-refractivity contribution < 1.29 is 29.5 Å². The van der Waals surface area contributed by atoms with Gasteiger partial charge in [-0.15, -0.1) is 0 Å². The number of aliphatic carboxylic acids is 1. The molecule has 0 aliphatic heterocycles. The second-order valence-electron chi connectivity index (χ2n) is 4.39. The quantitative estimate of drug-likeness (QED) is 0.623. The lowest BCUT2D eigenvalue weighted by molar-refractivity contribution is -0.679. The number of anilines is 1. The number of nitrogens with one attached hydrogen (secondary N) is 1. The lowest BCUT2D eigenvalue weighted by atomic mass is 10.2. The van der Waals surface area contributed by atoms with Gasteiger partial charge >= 0.3 is 0 Å². The van der Waals surface area contributed by atoms with Gasteiger partial charge in [0.05, 0.1) is 38.8 Å². The summed E-state index contributed by atoms with van der Waals surface area (Å²) in [5, 5.41) is 15.1. The van der Waals surface area contributed by atoms with Crippen molar-refractivity contribution >= 4 is 17.6 Å². The minimum atomic E-state index is -1.26. The minimum Gasteiger partial charge on any atom is -0.544 e. The van der Waals surface area contributed by atoms with Gasteiger partial charge in [0.25, 0.3) is 0 Å². The zero-order valence-corrected chi connectivity index (χ0v) is 12.3.